The molecule has 1 aliphatic carbocycles. The highest BCUT2D eigenvalue weighted by Crippen LogP contribution is 2.60. The summed E-state index contributed by atoms with van der Waals surface area (Å²) in [6.07, 6.45) is 0. The molecule has 0 aliphatic heterocycles. The van der Waals surface area contributed by atoms with Crippen molar-refractivity contribution in [3.8, 4) is 0 Å². The summed E-state index contributed by atoms with van der Waals surface area (Å²) < 4.78 is 0. The van der Waals surface area contributed by atoms with E-state index in [0.29, 0.717) is 0 Å². The maximum Gasteiger partial charge on any atom is 0.253 e. The van der Waals surface area contributed by atoms with Crippen molar-refractivity contribution in [2.45, 2.75) is 11.8 Å². The molecule has 4 nitrogen and oxygen atoms in total. The molecule has 0 radical (unpaired) electrons. The minimum atomic E-state index is -0.238. The Bertz CT molecular complexity index is 617. The van der Waals surface area contributed by atoms with Crippen molar-refractivity contribution >= 4 is 11.9 Å². The normalized spacial score (nSPS) is 23.3. The zero-order chi connectivity index (χ0) is 14.8. The van der Waals surface area contributed by atoms with Gasteiger partial charge in [-0.1, -0.05) is 60.7 Å². The standard InChI is InChI=1S/C17H17N3O/c18-17(19)20-16(21)15-13(11-7-3-1-4-8-11)14(15)12-9-5-2-6-10-12/h1-10,13-15H,(H4,18,19,20,21)/t13-,14-/m1/s1. The molecule has 2 aromatic carbocycles. The van der Waals surface area contributed by atoms with Crippen molar-refractivity contribution in [2.75, 3.05) is 0 Å². The number of benzene rings is 2. The molecule has 2 aromatic rings. The number of nitrogens with zero attached hydrogens (tertiary/aromatic N) is 1. The Morgan fingerprint density at radius 2 is 1.24 bits per heavy atom. The maximum absolute atomic E-state index is 12.2. The molecule has 3 rings (SSSR count). The highest BCUT2D eigenvalue weighted by atomic mass is 16.1. The number of carbonyl (C=O) groups excluding carboxylic acids is 1. The van der Waals surface area contributed by atoms with E-state index in [9.17, 15) is 4.79 Å². The van der Waals surface area contributed by atoms with Gasteiger partial charge in [-0.3, -0.25) is 4.79 Å². The third kappa shape index (κ3) is 2.65. The Labute approximate surface area is 123 Å². The van der Waals surface area contributed by atoms with E-state index >= 15 is 0 Å². The van der Waals surface area contributed by atoms with Gasteiger partial charge in [0, 0.05) is 11.8 Å². The molecule has 4 N–H and O–H groups in total. The second kappa shape index (κ2) is 5.40. The minimum absolute atomic E-state index is 0.143. The first-order chi connectivity index (χ1) is 10.2. The lowest BCUT2D eigenvalue weighted by Crippen LogP contribution is -2.24. The van der Waals surface area contributed by atoms with E-state index in [1.165, 1.54) is 0 Å². The molecule has 106 valence electrons. The fourth-order valence-corrected chi connectivity index (χ4v) is 3.00. The van der Waals surface area contributed by atoms with Crippen molar-refractivity contribution in [1.29, 1.82) is 0 Å². The van der Waals surface area contributed by atoms with Crippen LogP contribution < -0.4 is 11.5 Å². The number of amides is 1. The van der Waals surface area contributed by atoms with Crippen LogP contribution in [0.2, 0.25) is 0 Å². The molecule has 1 saturated carbocycles. The summed E-state index contributed by atoms with van der Waals surface area (Å²) in [5, 5.41) is 0. The van der Waals surface area contributed by atoms with E-state index in [-0.39, 0.29) is 29.6 Å². The number of hydrogen-bond donors (Lipinski definition) is 2. The highest BCUT2D eigenvalue weighted by Gasteiger charge is 2.56. The van der Waals surface area contributed by atoms with Crippen LogP contribution in [0.1, 0.15) is 23.0 Å². The largest absolute Gasteiger partial charge is 0.370 e. The van der Waals surface area contributed by atoms with Crippen LogP contribution in [0.4, 0.5) is 0 Å². The van der Waals surface area contributed by atoms with Crippen LogP contribution >= 0.6 is 0 Å². The number of carbonyl (C=O) groups is 1. The van der Waals surface area contributed by atoms with Gasteiger partial charge in [0.2, 0.25) is 0 Å². The Morgan fingerprint density at radius 3 is 1.62 bits per heavy atom. The topological polar surface area (TPSA) is 81.5 Å². The summed E-state index contributed by atoms with van der Waals surface area (Å²) in [5.41, 5.74) is 13.0. The second-order valence-corrected chi connectivity index (χ2v) is 5.27. The van der Waals surface area contributed by atoms with Gasteiger partial charge >= 0.3 is 0 Å². The average Bonchev–Trinajstić information content (AvgIpc) is 3.24. The predicted molar refractivity (Wildman–Crippen MR) is 82.7 cm³/mol. The molecule has 0 saturated heterocycles. The molecule has 21 heavy (non-hydrogen) atoms. The van der Waals surface area contributed by atoms with Gasteiger partial charge in [0.25, 0.3) is 5.91 Å². The monoisotopic (exact) mass is 279 g/mol. The van der Waals surface area contributed by atoms with Gasteiger partial charge in [-0.25, -0.2) is 0 Å². The molecule has 2 atom stereocenters. The molecule has 1 amide bonds. The third-order valence-corrected chi connectivity index (χ3v) is 3.91. The van der Waals surface area contributed by atoms with Gasteiger partial charge in [-0.15, -0.1) is 0 Å². The molecule has 1 fully saturated rings. The van der Waals surface area contributed by atoms with Gasteiger partial charge in [-0.2, -0.15) is 4.99 Å². The summed E-state index contributed by atoms with van der Waals surface area (Å²) in [5.74, 6) is -0.312. The molecule has 0 spiro atoms. The number of hydrogen-bond acceptors (Lipinski definition) is 1. The van der Waals surface area contributed by atoms with Crippen molar-refractivity contribution in [2.24, 2.45) is 22.4 Å². The van der Waals surface area contributed by atoms with Crippen LogP contribution in [-0.4, -0.2) is 11.9 Å². The first-order valence-corrected chi connectivity index (χ1v) is 6.92. The molecule has 4 heteroatoms. The van der Waals surface area contributed by atoms with Crippen LogP contribution in [0.3, 0.4) is 0 Å². The molecule has 0 aromatic heterocycles. The molecule has 0 unspecified atom stereocenters. The zero-order valence-corrected chi connectivity index (χ0v) is 11.5. The van der Waals surface area contributed by atoms with Crippen molar-refractivity contribution in [1.82, 2.24) is 0 Å². The molecule has 1 aliphatic rings. The van der Waals surface area contributed by atoms with E-state index in [1.807, 2.05) is 60.7 Å². The number of guanidine groups is 1. The molecular formula is C17H17N3O. The summed E-state index contributed by atoms with van der Waals surface area (Å²) in [6, 6.07) is 20.1. The summed E-state index contributed by atoms with van der Waals surface area (Å²) in [7, 11) is 0. The third-order valence-electron chi connectivity index (χ3n) is 3.91. The van der Waals surface area contributed by atoms with Gasteiger partial charge in [0.15, 0.2) is 5.96 Å². The van der Waals surface area contributed by atoms with Crippen molar-refractivity contribution < 1.29 is 4.79 Å². The van der Waals surface area contributed by atoms with E-state index in [4.69, 9.17) is 11.5 Å². The first-order valence-electron chi connectivity index (χ1n) is 6.92. The average molecular weight is 279 g/mol. The van der Waals surface area contributed by atoms with E-state index < -0.39 is 0 Å². The lowest BCUT2D eigenvalue weighted by atomic mass is 10.0. The predicted octanol–water partition coefficient (Wildman–Crippen LogP) is 1.98. The van der Waals surface area contributed by atoms with Crippen LogP contribution in [0.25, 0.3) is 0 Å². The maximum atomic E-state index is 12.2. The highest BCUT2D eigenvalue weighted by molar-refractivity contribution is 5.95. The van der Waals surface area contributed by atoms with Crippen LogP contribution in [0.5, 0.6) is 0 Å². The van der Waals surface area contributed by atoms with Gasteiger partial charge in [0.1, 0.15) is 0 Å². The SMILES string of the molecule is NC(N)=NC(=O)C1[C@H](c2ccccc2)[C@H]1c1ccccc1. The lowest BCUT2D eigenvalue weighted by molar-refractivity contribution is -0.119. The Balaban J connectivity index is 1.93. The Morgan fingerprint density at radius 1 is 0.810 bits per heavy atom. The lowest BCUT2D eigenvalue weighted by Gasteiger charge is -1.99. The van der Waals surface area contributed by atoms with Crippen LogP contribution in [0, 0.1) is 5.92 Å². The summed E-state index contributed by atoms with van der Waals surface area (Å²) >= 11 is 0. The first kappa shape index (κ1) is 13.4. The van der Waals surface area contributed by atoms with Crippen LogP contribution in [0.15, 0.2) is 65.7 Å². The Kier molecular flexibility index (Phi) is 3.44. The summed E-state index contributed by atoms with van der Waals surface area (Å²) in [4.78, 5) is 16.0. The fourth-order valence-electron chi connectivity index (χ4n) is 3.00. The van der Waals surface area contributed by atoms with E-state index in [1.54, 1.807) is 0 Å². The van der Waals surface area contributed by atoms with Gasteiger partial charge < -0.3 is 11.5 Å². The van der Waals surface area contributed by atoms with Crippen molar-refractivity contribution in [3.63, 3.8) is 0 Å². The number of nitrogens with two attached hydrogens (primary N) is 2. The molecular weight excluding hydrogens is 262 g/mol. The number of aliphatic imine (C=N–C) groups is 1. The van der Waals surface area contributed by atoms with E-state index in [0.717, 1.165) is 11.1 Å². The molecule has 0 bridgehead atoms. The Hall–Kier alpha value is -2.62. The molecule has 0 heterocycles. The smallest absolute Gasteiger partial charge is 0.253 e. The van der Waals surface area contributed by atoms with Gasteiger partial charge in [-0.05, 0) is 11.1 Å². The number of rotatable bonds is 3. The fraction of sp³-hybridized carbons (Fsp3) is 0.176. The second-order valence-electron chi connectivity index (χ2n) is 5.27. The quantitative estimate of drug-likeness (QED) is 0.666. The van der Waals surface area contributed by atoms with E-state index in [2.05, 4.69) is 4.99 Å². The van der Waals surface area contributed by atoms with Crippen LogP contribution in [-0.2, 0) is 4.79 Å². The van der Waals surface area contributed by atoms with Gasteiger partial charge in [0.05, 0.1) is 5.92 Å². The zero-order valence-electron chi connectivity index (χ0n) is 11.5. The van der Waals surface area contributed by atoms with Crippen molar-refractivity contribution in [3.05, 3.63) is 71.8 Å². The summed E-state index contributed by atoms with van der Waals surface area (Å²) in [6.45, 7) is 0. The minimum Gasteiger partial charge on any atom is -0.370 e.